The van der Waals surface area contributed by atoms with E-state index in [1.54, 1.807) is 0 Å². The van der Waals surface area contributed by atoms with Crippen LogP contribution < -0.4 is 9.30 Å². The summed E-state index contributed by atoms with van der Waals surface area (Å²) in [5.41, 5.74) is 11.5. The third-order valence-electron chi connectivity index (χ3n) is 12.2. The van der Waals surface area contributed by atoms with Gasteiger partial charge in [-0.15, -0.1) is 24.3 Å². The van der Waals surface area contributed by atoms with E-state index in [1.165, 1.54) is 21.5 Å². The molecule has 0 N–H and O–H groups in total. The summed E-state index contributed by atoms with van der Waals surface area (Å²) >= 11 is 0. The normalized spacial score (nSPS) is 11.8. The monoisotopic (exact) mass is 989 g/mol. The number of pyridine rings is 1. The molecule has 5 aromatic heterocycles. The van der Waals surface area contributed by atoms with Gasteiger partial charge >= 0.3 is 0 Å². The minimum absolute atomic E-state index is 0. The summed E-state index contributed by atoms with van der Waals surface area (Å²) in [5, 5.41) is 7.01. The van der Waals surface area contributed by atoms with Gasteiger partial charge in [0.25, 0.3) is 6.33 Å². The molecule has 302 valence electrons. The van der Waals surface area contributed by atoms with Crippen LogP contribution in [0.3, 0.4) is 0 Å². The Morgan fingerprint density at radius 1 is 0.492 bits per heavy atom. The first-order chi connectivity index (χ1) is 30.7. The number of hydrogen-bond donors (Lipinski definition) is 0. The van der Waals surface area contributed by atoms with Crippen LogP contribution in [0, 0.1) is 18.5 Å². The van der Waals surface area contributed by atoms with Gasteiger partial charge in [-0.25, -0.2) is 4.98 Å². The van der Waals surface area contributed by atoms with Crippen molar-refractivity contribution in [3.63, 3.8) is 0 Å². The molecule has 8 heteroatoms. The number of fused-ring (bicyclic) bond motifs is 13. The summed E-state index contributed by atoms with van der Waals surface area (Å²) in [7, 11) is 2.18. The standard InChI is InChI=1S/C55H34N6O.Pt/c1-57-44-25-10-8-23-41(44)51-50-42-24-9-11-26-45(42)60(37-19-6-3-7-20-37)53(50)52-43-31-30-40(34-48(43)61(55(52)54(51)57)49-29-14-15-32-56-49)62-39-22-16-21-38(33-39)59-35-58(36-17-4-2-5-18-36)46-27-12-13-28-47(46)59;/h2-32H,1H3;/q-2;. The first-order valence-corrected chi connectivity index (χ1v) is 20.7. The maximum absolute atomic E-state index is 6.74. The molecule has 8 aromatic carbocycles. The second-order valence-corrected chi connectivity index (χ2v) is 15.6. The van der Waals surface area contributed by atoms with Crippen molar-refractivity contribution in [3.8, 4) is 34.4 Å². The van der Waals surface area contributed by atoms with Crippen LogP contribution in [0.5, 0.6) is 11.5 Å². The second-order valence-electron chi connectivity index (χ2n) is 15.6. The molecule has 7 nitrogen and oxygen atoms in total. The topological polar surface area (TPSA) is 45.7 Å². The Hall–Kier alpha value is -7.73. The predicted octanol–water partition coefficient (Wildman–Crippen LogP) is 12.3. The molecule has 63 heavy (non-hydrogen) atoms. The number of para-hydroxylation sites is 6. The number of ether oxygens (including phenoxy) is 1. The molecule has 0 amide bonds. The van der Waals surface area contributed by atoms with E-state index in [0.717, 1.165) is 77.8 Å². The number of hydrogen-bond acceptors (Lipinski definition) is 2. The molecule has 0 unspecified atom stereocenters. The Labute approximate surface area is 376 Å². The average Bonchev–Trinajstić information content (AvgIpc) is 4.07. The van der Waals surface area contributed by atoms with E-state index in [1.807, 2.05) is 71.4 Å². The first-order valence-electron chi connectivity index (χ1n) is 20.7. The summed E-state index contributed by atoms with van der Waals surface area (Å²) in [6, 6.07) is 70.4. The smallest absolute Gasteiger partial charge is 0.268 e. The van der Waals surface area contributed by atoms with Crippen LogP contribution in [-0.4, -0.2) is 23.3 Å². The zero-order chi connectivity index (χ0) is 40.9. The Kier molecular flexibility index (Phi) is 8.50. The number of nitrogens with zero attached hydrogens (tertiary/aromatic N) is 6. The quantitative estimate of drug-likeness (QED) is 0.123. The summed E-state index contributed by atoms with van der Waals surface area (Å²) in [6.45, 7) is 0. The molecule has 0 bridgehead atoms. The maximum atomic E-state index is 6.74. The van der Waals surface area contributed by atoms with Crippen molar-refractivity contribution >= 4 is 76.5 Å². The van der Waals surface area contributed by atoms with Gasteiger partial charge in [0, 0.05) is 78.6 Å². The Morgan fingerprint density at radius 3 is 1.92 bits per heavy atom. The molecular formula is C55H34N6OPt-2. The van der Waals surface area contributed by atoms with Crippen LogP contribution >= 0.6 is 0 Å². The van der Waals surface area contributed by atoms with Crippen molar-refractivity contribution < 1.29 is 30.4 Å². The number of aryl methyl sites for hydroxylation is 1. The third kappa shape index (κ3) is 5.49. The number of benzene rings is 8. The van der Waals surface area contributed by atoms with Crippen molar-refractivity contribution in [2.24, 2.45) is 7.05 Å². The fraction of sp³-hybridized carbons (Fsp3) is 0.0182. The summed E-state index contributed by atoms with van der Waals surface area (Å²) < 4.78 is 17.9. The third-order valence-corrected chi connectivity index (χ3v) is 12.2. The molecule has 0 spiro atoms. The molecule has 5 heterocycles. The van der Waals surface area contributed by atoms with Gasteiger partial charge in [0.1, 0.15) is 5.82 Å². The molecule has 0 saturated carbocycles. The Bertz CT molecular complexity index is 3900. The van der Waals surface area contributed by atoms with Crippen LogP contribution in [0.25, 0.3) is 99.3 Å². The van der Waals surface area contributed by atoms with Crippen molar-refractivity contribution in [1.29, 1.82) is 0 Å². The molecule has 0 aliphatic rings. The van der Waals surface area contributed by atoms with Crippen molar-refractivity contribution in [2.75, 3.05) is 0 Å². The summed E-state index contributed by atoms with van der Waals surface area (Å²) in [5.74, 6) is 1.93. The average molecular weight is 990 g/mol. The molecule has 0 atom stereocenters. The molecule has 0 aliphatic heterocycles. The molecule has 0 aliphatic carbocycles. The van der Waals surface area contributed by atoms with E-state index in [9.17, 15) is 0 Å². The number of aromatic nitrogens is 6. The fourth-order valence-corrected chi connectivity index (χ4v) is 9.68. The fourth-order valence-electron chi connectivity index (χ4n) is 9.68. The van der Waals surface area contributed by atoms with Crippen LogP contribution in [-0.2, 0) is 28.1 Å². The first kappa shape index (κ1) is 37.1. The van der Waals surface area contributed by atoms with Gasteiger partial charge in [-0.3, -0.25) is 4.57 Å². The van der Waals surface area contributed by atoms with Gasteiger partial charge in [0.2, 0.25) is 0 Å². The van der Waals surface area contributed by atoms with Crippen molar-refractivity contribution in [1.82, 2.24) is 23.3 Å². The van der Waals surface area contributed by atoms with E-state index < -0.39 is 0 Å². The minimum Gasteiger partial charge on any atom is -0.510 e. The largest absolute Gasteiger partial charge is 0.510 e. The van der Waals surface area contributed by atoms with Gasteiger partial charge in [-0.1, -0.05) is 114 Å². The maximum Gasteiger partial charge on any atom is 0.268 e. The van der Waals surface area contributed by atoms with Gasteiger partial charge in [-0.2, -0.15) is 18.2 Å². The Balaban J connectivity index is 0.00000421. The molecule has 13 aromatic rings. The molecule has 0 radical (unpaired) electrons. The summed E-state index contributed by atoms with van der Waals surface area (Å²) in [6.07, 6.45) is 5.43. The SMILES string of the molecule is Cn1c2ccccc2c2c3c4ccccc4n(-c4ccccc4)c3c3c4ccc(Oc5[c-]c(-[n+]6[c-]n(-c7ccccc7)c7ccccc76)ccc5)[c-]c4n(-c4ccccn4)c3c21.[Pt]. The van der Waals surface area contributed by atoms with Crippen molar-refractivity contribution in [2.45, 2.75) is 0 Å². The van der Waals surface area contributed by atoms with Gasteiger partial charge in [-0.05, 0) is 59.6 Å². The van der Waals surface area contributed by atoms with Crippen LogP contribution in [0.4, 0.5) is 0 Å². The number of rotatable bonds is 6. The van der Waals surface area contributed by atoms with Crippen LogP contribution in [0.1, 0.15) is 0 Å². The van der Waals surface area contributed by atoms with E-state index in [4.69, 9.17) is 9.72 Å². The van der Waals surface area contributed by atoms with Gasteiger partial charge < -0.3 is 23.0 Å². The molecular weight excluding hydrogens is 956 g/mol. The molecule has 0 saturated heterocycles. The molecule has 0 fully saturated rings. The second kappa shape index (κ2) is 14.4. The minimum atomic E-state index is 0. The van der Waals surface area contributed by atoms with Crippen LogP contribution in [0.2, 0.25) is 0 Å². The zero-order valence-electron chi connectivity index (χ0n) is 33.8. The predicted molar refractivity (Wildman–Crippen MR) is 248 cm³/mol. The number of imidazole rings is 1. The zero-order valence-corrected chi connectivity index (χ0v) is 36.1. The van der Waals surface area contributed by atoms with E-state index in [-0.39, 0.29) is 21.1 Å². The van der Waals surface area contributed by atoms with E-state index >= 15 is 0 Å². The van der Waals surface area contributed by atoms with Crippen molar-refractivity contribution in [3.05, 3.63) is 207 Å². The van der Waals surface area contributed by atoms with E-state index in [0.29, 0.717) is 11.5 Å². The van der Waals surface area contributed by atoms with E-state index in [2.05, 4.69) is 165 Å². The van der Waals surface area contributed by atoms with Gasteiger partial charge in [0.15, 0.2) is 0 Å². The van der Waals surface area contributed by atoms with Gasteiger partial charge in [0.05, 0.1) is 38.8 Å². The summed E-state index contributed by atoms with van der Waals surface area (Å²) in [4.78, 5) is 4.99. The van der Waals surface area contributed by atoms with Crippen LogP contribution in [0.15, 0.2) is 188 Å². The Morgan fingerprint density at radius 2 is 1.14 bits per heavy atom. The molecule has 13 rings (SSSR count).